The van der Waals surface area contributed by atoms with E-state index in [2.05, 4.69) is 54.5 Å². The van der Waals surface area contributed by atoms with E-state index in [1.54, 1.807) is 24.3 Å². The van der Waals surface area contributed by atoms with Crippen LogP contribution in [0.25, 0.3) is 0 Å². The molecule has 0 aliphatic heterocycles. The fourth-order valence-electron chi connectivity index (χ4n) is 11.6. The topological polar surface area (TPSA) is 80.7 Å². The second-order valence-electron chi connectivity index (χ2n) is 16.9. The molecule has 232 valence electrons. The number of benzene rings is 1. The fourth-order valence-corrected chi connectivity index (χ4v) is 12.8. The van der Waals surface area contributed by atoms with Crippen LogP contribution in [0, 0.1) is 50.2 Å². The summed E-state index contributed by atoms with van der Waals surface area (Å²) in [5, 5.41) is 10.6. The zero-order valence-corrected chi connectivity index (χ0v) is 27.6. The standard InChI is InChI=1S/C36H52O5S/c1-31(2)19-21-36(30(37)38)22-20-34(6)25(26(36)23-31)13-14-28-33(5)17-16-29(32(3,4)27(33)15-18-35(28,34)7)41-42(39,40)24-11-9-8-10-12-24/h8-13,26-29H,14-23H2,1-7H3,(H,37,38)/t26-,27-,28+,29-,33-,34+,35+,36-/m0/s1. The molecule has 6 heteroatoms. The molecule has 5 aliphatic rings. The molecular formula is C36H52O5S. The number of carboxylic acid groups (broad SMARTS) is 1. The first kappa shape index (κ1) is 30.4. The van der Waals surface area contributed by atoms with Crippen molar-refractivity contribution < 1.29 is 22.5 Å². The molecule has 0 saturated heterocycles. The highest BCUT2D eigenvalue weighted by Gasteiger charge is 2.69. The smallest absolute Gasteiger partial charge is 0.310 e. The molecule has 4 fully saturated rings. The molecule has 1 N–H and O–H groups in total. The van der Waals surface area contributed by atoms with Crippen LogP contribution >= 0.6 is 0 Å². The molecule has 8 atom stereocenters. The van der Waals surface area contributed by atoms with Crippen molar-refractivity contribution in [2.45, 2.75) is 124 Å². The molecule has 5 nitrogen and oxygen atoms in total. The number of carboxylic acids is 1. The van der Waals surface area contributed by atoms with Gasteiger partial charge in [0.1, 0.15) is 0 Å². The Morgan fingerprint density at radius 1 is 0.857 bits per heavy atom. The van der Waals surface area contributed by atoms with E-state index in [1.165, 1.54) is 5.57 Å². The predicted molar refractivity (Wildman–Crippen MR) is 165 cm³/mol. The van der Waals surface area contributed by atoms with Crippen molar-refractivity contribution in [2.24, 2.45) is 50.2 Å². The van der Waals surface area contributed by atoms with Crippen molar-refractivity contribution in [3.8, 4) is 0 Å². The maximum Gasteiger partial charge on any atom is 0.310 e. The Bertz CT molecular complexity index is 1390. The highest BCUT2D eigenvalue weighted by Crippen LogP contribution is 2.76. The Hall–Kier alpha value is -1.66. The largest absolute Gasteiger partial charge is 0.481 e. The van der Waals surface area contributed by atoms with Crippen molar-refractivity contribution in [1.82, 2.24) is 0 Å². The minimum absolute atomic E-state index is 0.0188. The predicted octanol–water partition coefficient (Wildman–Crippen LogP) is 8.65. The van der Waals surface area contributed by atoms with Crippen molar-refractivity contribution in [1.29, 1.82) is 0 Å². The molecule has 0 spiro atoms. The van der Waals surface area contributed by atoms with Gasteiger partial charge in [-0.3, -0.25) is 8.98 Å². The lowest BCUT2D eigenvalue weighted by atomic mass is 9.33. The van der Waals surface area contributed by atoms with E-state index in [0.29, 0.717) is 11.8 Å². The molecule has 6 rings (SSSR count). The van der Waals surface area contributed by atoms with Crippen LogP contribution in [0.1, 0.15) is 113 Å². The molecule has 0 unspecified atom stereocenters. The number of carbonyl (C=O) groups is 1. The number of aliphatic carboxylic acids is 1. The van der Waals surface area contributed by atoms with E-state index in [1.807, 2.05) is 6.07 Å². The first-order valence-electron chi connectivity index (χ1n) is 16.4. The molecule has 0 radical (unpaired) electrons. The van der Waals surface area contributed by atoms with Gasteiger partial charge in [-0.1, -0.05) is 78.3 Å². The van der Waals surface area contributed by atoms with Gasteiger partial charge in [-0.05, 0) is 121 Å². The van der Waals surface area contributed by atoms with Gasteiger partial charge in [0.05, 0.1) is 16.4 Å². The van der Waals surface area contributed by atoms with Crippen molar-refractivity contribution in [3.05, 3.63) is 42.0 Å². The van der Waals surface area contributed by atoms with Crippen LogP contribution < -0.4 is 0 Å². The summed E-state index contributed by atoms with van der Waals surface area (Å²) in [6.45, 7) is 16.6. The lowest BCUT2D eigenvalue weighted by Crippen LogP contribution is -2.65. The lowest BCUT2D eigenvalue weighted by Gasteiger charge is -2.71. The third-order valence-electron chi connectivity index (χ3n) is 14.3. The van der Waals surface area contributed by atoms with Crippen molar-refractivity contribution in [2.75, 3.05) is 0 Å². The average molecular weight is 597 g/mol. The summed E-state index contributed by atoms with van der Waals surface area (Å²) in [5.41, 5.74) is 0.822. The molecular weight excluding hydrogens is 544 g/mol. The van der Waals surface area contributed by atoms with Crippen molar-refractivity contribution >= 4 is 16.1 Å². The minimum atomic E-state index is -3.84. The summed E-state index contributed by atoms with van der Waals surface area (Å²) in [6, 6.07) is 8.54. The monoisotopic (exact) mass is 596 g/mol. The van der Waals surface area contributed by atoms with E-state index >= 15 is 0 Å². The SMILES string of the molecule is CC1(C)CC[C@]2(C(=O)O)CC[C@]3(C)C(=CC[C@@H]4[C@@]5(C)CC[C@H](OS(=O)(=O)c6ccccc6)C(C)(C)[C@@H]5CC[C@]43C)[C@@H]2C1. The number of rotatable bonds is 4. The van der Waals surface area contributed by atoms with E-state index in [9.17, 15) is 18.3 Å². The normalized spacial score (nSPS) is 44.0. The summed E-state index contributed by atoms with van der Waals surface area (Å²) >= 11 is 0. The van der Waals surface area contributed by atoms with Crippen LogP contribution in [0.3, 0.4) is 0 Å². The molecule has 0 aromatic heterocycles. The van der Waals surface area contributed by atoms with Crippen LogP contribution in [0.5, 0.6) is 0 Å². The summed E-state index contributed by atoms with van der Waals surface area (Å²) in [5.74, 6) is 0.350. The third-order valence-corrected chi connectivity index (χ3v) is 15.6. The first-order valence-corrected chi connectivity index (χ1v) is 17.8. The van der Waals surface area contributed by atoms with Crippen LogP contribution in [0.4, 0.5) is 0 Å². The molecule has 5 aliphatic carbocycles. The molecule has 4 saturated carbocycles. The van der Waals surface area contributed by atoms with Crippen LogP contribution in [0.2, 0.25) is 0 Å². The van der Waals surface area contributed by atoms with Gasteiger partial charge in [-0.25, -0.2) is 0 Å². The van der Waals surface area contributed by atoms with E-state index in [-0.39, 0.29) is 44.0 Å². The van der Waals surface area contributed by atoms with E-state index < -0.39 is 21.5 Å². The number of fused-ring (bicyclic) bond motifs is 7. The van der Waals surface area contributed by atoms with Crippen LogP contribution in [-0.4, -0.2) is 25.6 Å². The number of allylic oxidation sites excluding steroid dienone is 2. The Morgan fingerprint density at radius 2 is 1.52 bits per heavy atom. The quantitative estimate of drug-likeness (QED) is 0.278. The highest BCUT2D eigenvalue weighted by atomic mass is 32.2. The van der Waals surface area contributed by atoms with Gasteiger partial charge in [-0.15, -0.1) is 0 Å². The third kappa shape index (κ3) is 4.09. The van der Waals surface area contributed by atoms with Crippen molar-refractivity contribution in [3.63, 3.8) is 0 Å². The zero-order valence-electron chi connectivity index (χ0n) is 26.8. The van der Waals surface area contributed by atoms with Crippen LogP contribution in [-0.2, 0) is 19.1 Å². The second kappa shape index (κ2) is 9.42. The Kier molecular flexibility index (Phi) is 6.81. The van der Waals surface area contributed by atoms with Gasteiger partial charge < -0.3 is 5.11 Å². The van der Waals surface area contributed by atoms with Gasteiger partial charge in [0, 0.05) is 0 Å². The molecule has 42 heavy (non-hydrogen) atoms. The number of hydrogen-bond acceptors (Lipinski definition) is 4. The summed E-state index contributed by atoms with van der Waals surface area (Å²) in [6.07, 6.45) is 11.4. The summed E-state index contributed by atoms with van der Waals surface area (Å²) in [4.78, 5) is 13.1. The molecule has 1 aromatic carbocycles. The molecule has 0 bridgehead atoms. The van der Waals surface area contributed by atoms with Gasteiger partial charge in [-0.2, -0.15) is 8.42 Å². The lowest BCUT2D eigenvalue weighted by molar-refractivity contribution is -0.202. The molecule has 0 amide bonds. The van der Waals surface area contributed by atoms with Gasteiger partial charge in [0.25, 0.3) is 10.1 Å². The van der Waals surface area contributed by atoms with Gasteiger partial charge in [0.15, 0.2) is 0 Å². The first-order chi connectivity index (χ1) is 19.4. The van der Waals surface area contributed by atoms with Gasteiger partial charge in [0.2, 0.25) is 0 Å². The highest BCUT2D eigenvalue weighted by molar-refractivity contribution is 7.86. The van der Waals surface area contributed by atoms with Crippen LogP contribution in [0.15, 0.2) is 46.9 Å². The Labute approximate surface area is 254 Å². The molecule has 1 aromatic rings. The maximum atomic E-state index is 13.3. The number of hydrogen-bond donors (Lipinski definition) is 1. The Balaban J connectivity index is 1.34. The fraction of sp³-hybridized carbons (Fsp3) is 0.750. The maximum absolute atomic E-state index is 13.3. The Morgan fingerprint density at radius 3 is 2.19 bits per heavy atom. The minimum Gasteiger partial charge on any atom is -0.481 e. The van der Waals surface area contributed by atoms with E-state index in [4.69, 9.17) is 4.18 Å². The van der Waals surface area contributed by atoms with E-state index in [0.717, 1.165) is 64.2 Å². The second-order valence-corrected chi connectivity index (χ2v) is 18.5. The summed E-state index contributed by atoms with van der Waals surface area (Å²) in [7, 11) is -3.84. The molecule has 0 heterocycles. The average Bonchev–Trinajstić information content (AvgIpc) is 2.91. The van der Waals surface area contributed by atoms with Gasteiger partial charge >= 0.3 is 5.97 Å². The summed E-state index contributed by atoms with van der Waals surface area (Å²) < 4.78 is 32.6. The zero-order chi connectivity index (χ0) is 30.6.